The number of halogens is 1. The summed E-state index contributed by atoms with van der Waals surface area (Å²) in [4.78, 5) is 11.7. The van der Waals surface area contributed by atoms with Crippen molar-refractivity contribution >= 4 is 35.0 Å². The van der Waals surface area contributed by atoms with Crippen LogP contribution >= 0.6 is 23.4 Å². The lowest BCUT2D eigenvalue weighted by Crippen LogP contribution is -1.97. The molecule has 3 rings (SSSR count). The van der Waals surface area contributed by atoms with Gasteiger partial charge < -0.3 is 5.11 Å². The Hall–Kier alpha value is -2.05. The van der Waals surface area contributed by atoms with E-state index < -0.39 is 5.97 Å². The monoisotopic (exact) mass is 305 g/mol. The molecule has 7 heteroatoms. The molecular formula is C13H8ClN3O2S. The van der Waals surface area contributed by atoms with E-state index >= 15 is 0 Å². The van der Waals surface area contributed by atoms with E-state index in [0.717, 1.165) is 10.5 Å². The highest BCUT2D eigenvalue weighted by Gasteiger charge is 2.11. The highest BCUT2D eigenvalue weighted by Crippen LogP contribution is 2.30. The Balaban J connectivity index is 1.95. The minimum absolute atomic E-state index is 0.0853. The van der Waals surface area contributed by atoms with Crippen LogP contribution in [-0.2, 0) is 0 Å². The zero-order valence-electron chi connectivity index (χ0n) is 10.0. The topological polar surface area (TPSA) is 67.5 Å². The van der Waals surface area contributed by atoms with Crippen LogP contribution in [0.25, 0.3) is 5.65 Å². The maximum absolute atomic E-state index is 10.9. The van der Waals surface area contributed by atoms with Crippen molar-refractivity contribution in [1.82, 2.24) is 14.6 Å². The van der Waals surface area contributed by atoms with Crippen LogP contribution in [0.3, 0.4) is 0 Å². The lowest BCUT2D eigenvalue weighted by Gasteiger charge is -2.03. The van der Waals surface area contributed by atoms with Gasteiger partial charge in [0.15, 0.2) is 10.8 Å². The molecule has 2 heterocycles. The summed E-state index contributed by atoms with van der Waals surface area (Å²) in [6.45, 7) is 0. The predicted octanol–water partition coefficient (Wildman–Crippen LogP) is 3.23. The predicted molar refractivity (Wildman–Crippen MR) is 75.5 cm³/mol. The number of carboxylic acid groups (broad SMARTS) is 1. The lowest BCUT2D eigenvalue weighted by atomic mass is 10.2. The third kappa shape index (κ3) is 2.35. The zero-order chi connectivity index (χ0) is 14.1. The SMILES string of the molecule is O=C(O)c1ccc(Sc2nnc3ccccn23)cc1Cl. The Bertz CT molecular complexity index is 803. The van der Waals surface area contributed by atoms with Gasteiger partial charge in [0, 0.05) is 11.1 Å². The molecule has 0 saturated heterocycles. The van der Waals surface area contributed by atoms with Crippen LogP contribution in [0.2, 0.25) is 5.02 Å². The third-order valence-corrected chi connectivity index (χ3v) is 3.93. The van der Waals surface area contributed by atoms with Crippen LogP contribution in [-0.4, -0.2) is 25.7 Å². The molecular weight excluding hydrogens is 298 g/mol. The van der Waals surface area contributed by atoms with Crippen molar-refractivity contribution in [3.63, 3.8) is 0 Å². The number of nitrogens with zero attached hydrogens (tertiary/aromatic N) is 3. The van der Waals surface area contributed by atoms with E-state index in [1.165, 1.54) is 17.8 Å². The van der Waals surface area contributed by atoms with Gasteiger partial charge in [-0.15, -0.1) is 10.2 Å². The first kappa shape index (κ1) is 13.0. The van der Waals surface area contributed by atoms with Crippen molar-refractivity contribution in [3.05, 3.63) is 53.2 Å². The van der Waals surface area contributed by atoms with Gasteiger partial charge in [0.25, 0.3) is 0 Å². The van der Waals surface area contributed by atoms with Crippen LogP contribution in [0.4, 0.5) is 0 Å². The van der Waals surface area contributed by atoms with E-state index in [9.17, 15) is 4.79 Å². The first-order chi connectivity index (χ1) is 9.65. The Morgan fingerprint density at radius 3 is 2.85 bits per heavy atom. The van der Waals surface area contributed by atoms with Gasteiger partial charge in [-0.2, -0.15) is 0 Å². The molecule has 1 N–H and O–H groups in total. The van der Waals surface area contributed by atoms with Gasteiger partial charge in [-0.25, -0.2) is 4.79 Å². The molecule has 0 aliphatic carbocycles. The van der Waals surface area contributed by atoms with Gasteiger partial charge in [0.2, 0.25) is 0 Å². The van der Waals surface area contributed by atoms with E-state index in [4.69, 9.17) is 16.7 Å². The smallest absolute Gasteiger partial charge is 0.337 e. The van der Waals surface area contributed by atoms with Gasteiger partial charge in [-0.1, -0.05) is 17.7 Å². The fraction of sp³-hybridized carbons (Fsp3) is 0. The number of carbonyl (C=O) groups is 1. The number of aromatic carboxylic acids is 1. The highest BCUT2D eigenvalue weighted by atomic mass is 35.5. The summed E-state index contributed by atoms with van der Waals surface area (Å²) >= 11 is 7.32. The van der Waals surface area contributed by atoms with Crippen molar-refractivity contribution < 1.29 is 9.90 Å². The molecule has 0 aliphatic rings. The molecule has 0 unspecified atom stereocenters. The number of aromatic nitrogens is 3. The Kier molecular flexibility index (Phi) is 3.33. The minimum Gasteiger partial charge on any atom is -0.478 e. The molecule has 1 aromatic carbocycles. The van der Waals surface area contributed by atoms with E-state index in [0.29, 0.717) is 5.16 Å². The quantitative estimate of drug-likeness (QED) is 0.804. The van der Waals surface area contributed by atoms with E-state index in [1.807, 2.05) is 28.8 Å². The molecule has 0 fully saturated rings. The van der Waals surface area contributed by atoms with Crippen LogP contribution < -0.4 is 0 Å². The maximum atomic E-state index is 10.9. The second kappa shape index (κ2) is 5.15. The summed E-state index contributed by atoms with van der Waals surface area (Å²) in [6.07, 6.45) is 1.87. The normalized spacial score (nSPS) is 10.8. The lowest BCUT2D eigenvalue weighted by molar-refractivity contribution is 0.0697. The van der Waals surface area contributed by atoms with Crippen LogP contribution in [0.5, 0.6) is 0 Å². The van der Waals surface area contributed by atoms with E-state index in [-0.39, 0.29) is 10.6 Å². The number of hydrogen-bond acceptors (Lipinski definition) is 4. The highest BCUT2D eigenvalue weighted by molar-refractivity contribution is 7.99. The number of benzene rings is 1. The van der Waals surface area contributed by atoms with Gasteiger partial charge in [0.05, 0.1) is 10.6 Å². The van der Waals surface area contributed by atoms with Crippen molar-refractivity contribution in [2.24, 2.45) is 0 Å². The summed E-state index contributed by atoms with van der Waals surface area (Å²) in [5.74, 6) is -1.04. The number of hydrogen-bond donors (Lipinski definition) is 1. The van der Waals surface area contributed by atoms with Crippen LogP contribution in [0.15, 0.2) is 52.6 Å². The first-order valence-electron chi connectivity index (χ1n) is 5.65. The van der Waals surface area contributed by atoms with Crippen molar-refractivity contribution in [1.29, 1.82) is 0 Å². The largest absolute Gasteiger partial charge is 0.478 e. The third-order valence-electron chi connectivity index (χ3n) is 2.66. The zero-order valence-corrected chi connectivity index (χ0v) is 11.6. The molecule has 0 spiro atoms. The van der Waals surface area contributed by atoms with Gasteiger partial charge in [-0.05, 0) is 42.1 Å². The fourth-order valence-corrected chi connectivity index (χ4v) is 2.91. The van der Waals surface area contributed by atoms with Gasteiger partial charge in [-0.3, -0.25) is 4.40 Å². The van der Waals surface area contributed by atoms with Crippen molar-refractivity contribution in [2.45, 2.75) is 10.1 Å². The summed E-state index contributed by atoms with van der Waals surface area (Å²) in [6, 6.07) is 10.4. The average Bonchev–Trinajstić information content (AvgIpc) is 2.82. The van der Waals surface area contributed by atoms with Crippen molar-refractivity contribution in [3.8, 4) is 0 Å². The number of rotatable bonds is 3. The summed E-state index contributed by atoms with van der Waals surface area (Å²) in [5.41, 5.74) is 0.838. The second-order valence-electron chi connectivity index (χ2n) is 3.96. The van der Waals surface area contributed by atoms with Crippen molar-refractivity contribution in [2.75, 3.05) is 0 Å². The minimum atomic E-state index is -1.04. The second-order valence-corrected chi connectivity index (χ2v) is 5.41. The molecule has 0 radical (unpaired) electrons. The fourth-order valence-electron chi connectivity index (χ4n) is 1.73. The number of carboxylic acids is 1. The Morgan fingerprint density at radius 2 is 2.10 bits per heavy atom. The summed E-state index contributed by atoms with van der Waals surface area (Å²) in [7, 11) is 0. The summed E-state index contributed by atoms with van der Waals surface area (Å²) < 4.78 is 1.85. The standard InChI is InChI=1S/C13H8ClN3O2S/c14-10-7-8(4-5-9(10)12(18)19)20-13-16-15-11-3-1-2-6-17(11)13/h1-7H,(H,18,19). The molecule has 5 nitrogen and oxygen atoms in total. The first-order valence-corrected chi connectivity index (χ1v) is 6.85. The molecule has 0 saturated carbocycles. The molecule has 0 aliphatic heterocycles. The molecule has 0 bridgehead atoms. The number of pyridine rings is 1. The van der Waals surface area contributed by atoms with Crippen LogP contribution in [0, 0.1) is 0 Å². The Morgan fingerprint density at radius 1 is 1.25 bits per heavy atom. The average molecular weight is 306 g/mol. The Labute approximate surface area is 123 Å². The maximum Gasteiger partial charge on any atom is 0.337 e. The molecule has 3 aromatic rings. The van der Waals surface area contributed by atoms with Gasteiger partial charge in [0.1, 0.15) is 0 Å². The number of fused-ring (bicyclic) bond motifs is 1. The summed E-state index contributed by atoms with van der Waals surface area (Å²) in [5, 5.41) is 18.0. The molecule has 100 valence electrons. The van der Waals surface area contributed by atoms with E-state index in [1.54, 1.807) is 12.1 Å². The van der Waals surface area contributed by atoms with E-state index in [2.05, 4.69) is 10.2 Å². The molecule has 2 aromatic heterocycles. The van der Waals surface area contributed by atoms with Crippen LogP contribution in [0.1, 0.15) is 10.4 Å². The molecule has 0 amide bonds. The molecule has 20 heavy (non-hydrogen) atoms. The molecule has 0 atom stereocenters. The van der Waals surface area contributed by atoms with Gasteiger partial charge >= 0.3 is 5.97 Å².